The van der Waals surface area contributed by atoms with Crippen LogP contribution < -0.4 is 5.46 Å². The average Bonchev–Trinajstić information content (AvgIpc) is 2.62. The molecule has 0 amide bonds. The lowest BCUT2D eigenvalue weighted by atomic mass is 9.91. The van der Waals surface area contributed by atoms with Gasteiger partial charge in [-0.1, -0.05) is 55.0 Å². The van der Waals surface area contributed by atoms with E-state index in [9.17, 15) is 0 Å². The summed E-state index contributed by atoms with van der Waals surface area (Å²) in [4.78, 5) is 0. The van der Waals surface area contributed by atoms with Crippen molar-refractivity contribution in [1.29, 1.82) is 0 Å². The highest BCUT2D eigenvalue weighted by Gasteiger charge is 2.21. The van der Waals surface area contributed by atoms with E-state index in [2.05, 4.69) is 37.4 Å². The van der Waals surface area contributed by atoms with Crippen LogP contribution in [0.1, 0.15) is 16.7 Å². The van der Waals surface area contributed by atoms with E-state index < -0.39 is 0 Å². The van der Waals surface area contributed by atoms with Gasteiger partial charge in [-0.3, -0.25) is 0 Å². The SMILES string of the molecule is [B]c1ccc2c(c1)C(=C)c1cc(C=C)ccc1-2. The molecule has 0 nitrogen and oxygen atoms in total. The molecule has 2 radical (unpaired) electrons. The molecule has 1 aliphatic rings. The van der Waals surface area contributed by atoms with Crippen molar-refractivity contribution >= 4 is 25.0 Å². The van der Waals surface area contributed by atoms with Gasteiger partial charge in [0.05, 0.1) is 0 Å². The highest BCUT2D eigenvalue weighted by molar-refractivity contribution is 6.32. The third-order valence-corrected chi connectivity index (χ3v) is 3.26. The predicted molar refractivity (Wildman–Crippen MR) is 75.5 cm³/mol. The van der Waals surface area contributed by atoms with Crippen LogP contribution in [-0.4, -0.2) is 7.85 Å². The lowest BCUT2D eigenvalue weighted by Crippen LogP contribution is -2.01. The summed E-state index contributed by atoms with van der Waals surface area (Å²) in [6.07, 6.45) is 1.85. The van der Waals surface area contributed by atoms with E-state index in [1.807, 2.05) is 18.2 Å². The Morgan fingerprint density at radius 2 is 1.53 bits per heavy atom. The second kappa shape index (κ2) is 3.49. The van der Waals surface area contributed by atoms with Crippen LogP contribution in [0.25, 0.3) is 22.8 Å². The molecular weight excluding hydrogens is 203 g/mol. The summed E-state index contributed by atoms with van der Waals surface area (Å²) >= 11 is 0. The summed E-state index contributed by atoms with van der Waals surface area (Å²) in [7, 11) is 5.83. The Balaban J connectivity index is 2.30. The quantitative estimate of drug-likeness (QED) is 0.546. The summed E-state index contributed by atoms with van der Waals surface area (Å²) < 4.78 is 0. The van der Waals surface area contributed by atoms with E-state index in [1.165, 1.54) is 16.7 Å². The van der Waals surface area contributed by atoms with Crippen molar-refractivity contribution in [3.8, 4) is 11.1 Å². The van der Waals surface area contributed by atoms with Crippen LogP contribution in [0, 0.1) is 0 Å². The van der Waals surface area contributed by atoms with E-state index in [1.54, 1.807) is 0 Å². The average molecular weight is 214 g/mol. The number of rotatable bonds is 1. The molecule has 2 aromatic rings. The van der Waals surface area contributed by atoms with Crippen LogP contribution >= 0.6 is 0 Å². The monoisotopic (exact) mass is 214 g/mol. The van der Waals surface area contributed by atoms with E-state index in [0.717, 1.165) is 22.2 Å². The molecule has 2 aromatic carbocycles. The van der Waals surface area contributed by atoms with Crippen molar-refractivity contribution in [1.82, 2.24) is 0 Å². The van der Waals surface area contributed by atoms with Crippen LogP contribution in [0.2, 0.25) is 0 Å². The normalized spacial score (nSPS) is 12.1. The summed E-state index contributed by atoms with van der Waals surface area (Å²) in [6, 6.07) is 12.3. The zero-order chi connectivity index (χ0) is 12.0. The molecule has 0 saturated carbocycles. The third kappa shape index (κ3) is 1.39. The van der Waals surface area contributed by atoms with Gasteiger partial charge in [0.1, 0.15) is 7.85 Å². The number of hydrogen-bond acceptors (Lipinski definition) is 0. The third-order valence-electron chi connectivity index (χ3n) is 3.26. The van der Waals surface area contributed by atoms with Gasteiger partial charge in [0.15, 0.2) is 0 Å². The van der Waals surface area contributed by atoms with Gasteiger partial charge in [0.25, 0.3) is 0 Å². The Morgan fingerprint density at radius 1 is 0.882 bits per heavy atom. The van der Waals surface area contributed by atoms with Crippen molar-refractivity contribution in [2.24, 2.45) is 0 Å². The van der Waals surface area contributed by atoms with Crippen LogP contribution in [0.4, 0.5) is 0 Å². The second-order valence-corrected chi connectivity index (χ2v) is 4.29. The summed E-state index contributed by atoms with van der Waals surface area (Å²) in [5, 5.41) is 0. The molecule has 1 aliphatic carbocycles. The van der Waals surface area contributed by atoms with Gasteiger partial charge in [-0.25, -0.2) is 0 Å². The largest absolute Gasteiger partial charge is 0.113 e. The fourth-order valence-corrected chi connectivity index (χ4v) is 2.36. The van der Waals surface area contributed by atoms with Gasteiger partial charge in [-0.2, -0.15) is 0 Å². The van der Waals surface area contributed by atoms with Gasteiger partial charge in [-0.05, 0) is 39.5 Å². The zero-order valence-electron chi connectivity index (χ0n) is 9.53. The van der Waals surface area contributed by atoms with Crippen LogP contribution in [-0.2, 0) is 0 Å². The maximum absolute atomic E-state index is 5.83. The van der Waals surface area contributed by atoms with Crippen molar-refractivity contribution in [2.75, 3.05) is 0 Å². The van der Waals surface area contributed by atoms with E-state index >= 15 is 0 Å². The lowest BCUT2D eigenvalue weighted by Gasteiger charge is -2.01. The number of fused-ring (bicyclic) bond motifs is 3. The molecule has 0 aromatic heterocycles. The molecule has 0 heterocycles. The molecule has 0 spiro atoms. The predicted octanol–water partition coefficient (Wildman–Crippen LogP) is 3.17. The van der Waals surface area contributed by atoms with Gasteiger partial charge in [0.2, 0.25) is 0 Å². The highest BCUT2D eigenvalue weighted by atomic mass is 14.2. The first-order chi connectivity index (χ1) is 8.20. The molecule has 0 bridgehead atoms. The fourth-order valence-electron chi connectivity index (χ4n) is 2.36. The van der Waals surface area contributed by atoms with Crippen molar-refractivity contribution in [3.05, 3.63) is 66.2 Å². The second-order valence-electron chi connectivity index (χ2n) is 4.29. The van der Waals surface area contributed by atoms with Crippen LogP contribution in [0.5, 0.6) is 0 Å². The molecule has 0 unspecified atom stereocenters. The Kier molecular flexibility index (Phi) is 2.09. The molecule has 0 fully saturated rings. The maximum Gasteiger partial charge on any atom is 0.113 e. The fraction of sp³-hybridized carbons (Fsp3) is 0. The van der Waals surface area contributed by atoms with E-state index in [4.69, 9.17) is 7.85 Å². The Hall–Kier alpha value is -2.02. The maximum atomic E-state index is 5.83. The van der Waals surface area contributed by atoms with Crippen LogP contribution in [0.3, 0.4) is 0 Å². The molecule has 3 rings (SSSR count). The van der Waals surface area contributed by atoms with Gasteiger partial charge in [0, 0.05) is 0 Å². The molecule has 0 saturated heterocycles. The van der Waals surface area contributed by atoms with Gasteiger partial charge < -0.3 is 0 Å². The minimum atomic E-state index is 0.779. The minimum Gasteiger partial charge on any atom is -0.0985 e. The first-order valence-corrected chi connectivity index (χ1v) is 5.57. The summed E-state index contributed by atoms with van der Waals surface area (Å²) in [5.41, 5.74) is 7.72. The first-order valence-electron chi connectivity index (χ1n) is 5.57. The lowest BCUT2D eigenvalue weighted by molar-refractivity contribution is 1.62. The Labute approximate surface area is 103 Å². The van der Waals surface area contributed by atoms with Crippen molar-refractivity contribution < 1.29 is 0 Å². The molecule has 17 heavy (non-hydrogen) atoms. The molecule has 0 atom stereocenters. The van der Waals surface area contributed by atoms with E-state index in [-0.39, 0.29) is 0 Å². The minimum absolute atomic E-state index is 0.779. The standard InChI is InChI=1S/C16H11B/c1-3-11-4-6-13-14-7-5-12(17)9-16(14)10(2)15(13)8-11/h3-9H,1-2H2. The van der Waals surface area contributed by atoms with Crippen molar-refractivity contribution in [3.63, 3.8) is 0 Å². The summed E-state index contributed by atoms with van der Waals surface area (Å²) in [5.74, 6) is 0. The smallest absolute Gasteiger partial charge is 0.0985 e. The summed E-state index contributed by atoms with van der Waals surface area (Å²) in [6.45, 7) is 7.96. The Bertz CT molecular complexity index is 651. The van der Waals surface area contributed by atoms with Crippen LogP contribution in [0.15, 0.2) is 49.6 Å². The molecule has 0 N–H and O–H groups in total. The molecule has 0 aliphatic heterocycles. The van der Waals surface area contributed by atoms with Gasteiger partial charge >= 0.3 is 0 Å². The molecule has 78 valence electrons. The van der Waals surface area contributed by atoms with E-state index in [0.29, 0.717) is 0 Å². The molecular formula is C16H11B. The zero-order valence-corrected chi connectivity index (χ0v) is 9.53. The number of benzene rings is 2. The number of hydrogen-bond donors (Lipinski definition) is 0. The van der Waals surface area contributed by atoms with Gasteiger partial charge in [-0.15, -0.1) is 0 Å². The first kappa shape index (κ1) is 10.2. The highest BCUT2D eigenvalue weighted by Crippen LogP contribution is 2.43. The topological polar surface area (TPSA) is 0 Å². The molecule has 1 heteroatoms. The Morgan fingerprint density at radius 3 is 2.24 bits per heavy atom. The van der Waals surface area contributed by atoms with Crippen molar-refractivity contribution in [2.45, 2.75) is 0 Å².